The van der Waals surface area contributed by atoms with E-state index in [1.165, 1.54) is 103 Å². The van der Waals surface area contributed by atoms with Crippen molar-refractivity contribution in [3.63, 3.8) is 0 Å². The normalized spacial score (nSPS) is 31.5. The smallest absolute Gasteiger partial charge is 0.220 e. The lowest BCUT2D eigenvalue weighted by Crippen LogP contribution is -2.66. The number of aromatic nitrogens is 3. The molecule has 4 atom stereocenters. The summed E-state index contributed by atoms with van der Waals surface area (Å²) >= 11 is 0. The van der Waals surface area contributed by atoms with E-state index in [1.54, 1.807) is 0 Å². The summed E-state index contributed by atoms with van der Waals surface area (Å²) < 4.78 is 1.96. The summed E-state index contributed by atoms with van der Waals surface area (Å²) in [5.74, 6) is 0.0110. The number of rotatable bonds is 9. The number of allylic oxidation sites excluding steroid dienone is 2. The molecule has 0 bridgehead atoms. The summed E-state index contributed by atoms with van der Waals surface area (Å²) in [6.45, 7) is 7.54. The number of carbonyl (C=O) groups is 1. The first-order valence-electron chi connectivity index (χ1n) is 18.0. The van der Waals surface area contributed by atoms with Gasteiger partial charge in [0.15, 0.2) is 0 Å². The molecule has 0 radical (unpaired) electrons. The monoisotopic (exact) mass is 599 g/mol. The predicted molar refractivity (Wildman–Crippen MR) is 180 cm³/mol. The molecule has 1 saturated carbocycles. The molecule has 1 heterocycles. The third-order valence-electron chi connectivity index (χ3n) is 10.7. The second-order valence-electron chi connectivity index (χ2n) is 15.0. The topological polar surface area (TPSA) is 112 Å². The zero-order chi connectivity index (χ0) is 31.0. The highest BCUT2D eigenvalue weighted by molar-refractivity contribution is 5.77. The van der Waals surface area contributed by atoms with Crippen molar-refractivity contribution in [2.75, 3.05) is 0 Å². The Hall–Kier alpha value is -1.73. The highest BCUT2D eigenvalue weighted by Crippen LogP contribution is 2.37. The zero-order valence-corrected chi connectivity index (χ0v) is 28.2. The van der Waals surface area contributed by atoms with Gasteiger partial charge in [0.05, 0.1) is 11.2 Å². The summed E-state index contributed by atoms with van der Waals surface area (Å²) in [4.78, 5) is 12.9. The van der Waals surface area contributed by atoms with Gasteiger partial charge in [0.2, 0.25) is 5.91 Å². The van der Waals surface area contributed by atoms with E-state index in [0.717, 1.165) is 37.9 Å². The van der Waals surface area contributed by atoms with Crippen LogP contribution in [0.15, 0.2) is 18.3 Å². The van der Waals surface area contributed by atoms with Crippen molar-refractivity contribution in [3.8, 4) is 0 Å². The zero-order valence-electron chi connectivity index (χ0n) is 28.2. The van der Waals surface area contributed by atoms with E-state index in [-0.39, 0.29) is 11.9 Å². The Labute approximate surface area is 263 Å². The van der Waals surface area contributed by atoms with E-state index in [0.29, 0.717) is 24.7 Å². The number of hydrogen-bond acceptors (Lipinski definition) is 5. The van der Waals surface area contributed by atoms with Crippen LogP contribution < -0.4 is 16.8 Å². The lowest BCUT2D eigenvalue weighted by Gasteiger charge is -2.44. The molecule has 7 nitrogen and oxygen atoms in total. The van der Waals surface area contributed by atoms with Crippen LogP contribution in [0.1, 0.15) is 168 Å². The van der Waals surface area contributed by atoms with Crippen molar-refractivity contribution in [1.82, 2.24) is 20.3 Å². The molecule has 1 aromatic rings. The van der Waals surface area contributed by atoms with Crippen LogP contribution in [0.4, 0.5) is 0 Å². The molecule has 1 fully saturated rings. The fraction of sp³-hybridized carbons (Fsp3) is 0.861. The molecule has 7 heteroatoms. The second-order valence-corrected chi connectivity index (χ2v) is 15.0. The highest BCUT2D eigenvalue weighted by Gasteiger charge is 2.45. The molecule has 246 valence electrons. The quantitative estimate of drug-likeness (QED) is 0.152. The molecule has 2 aliphatic carbocycles. The number of nitrogens with zero attached hydrogens (tertiary/aromatic N) is 3. The van der Waals surface area contributed by atoms with Crippen molar-refractivity contribution >= 4 is 5.91 Å². The van der Waals surface area contributed by atoms with E-state index in [1.807, 2.05) is 17.8 Å². The minimum atomic E-state index is -0.504. The number of amides is 1. The SMILES string of the molecule is CC1(CCCCn2cc(CCC(=O)NC3(C)CC(N)CCCC3(C)N)nn2)CCCC/C=C\CCCCCCCCCC1. The Kier molecular flexibility index (Phi) is 15.2. The predicted octanol–water partition coefficient (Wildman–Crippen LogP) is 7.91. The van der Waals surface area contributed by atoms with Gasteiger partial charge in [0, 0.05) is 37.2 Å². The first-order valence-corrected chi connectivity index (χ1v) is 18.0. The van der Waals surface area contributed by atoms with Gasteiger partial charge in [-0.2, -0.15) is 0 Å². The molecular weight excluding hydrogens is 532 g/mol. The van der Waals surface area contributed by atoms with Gasteiger partial charge in [-0.3, -0.25) is 9.48 Å². The van der Waals surface area contributed by atoms with E-state index >= 15 is 0 Å². The molecule has 0 spiro atoms. The van der Waals surface area contributed by atoms with Crippen molar-refractivity contribution in [2.45, 2.75) is 192 Å². The first-order chi connectivity index (χ1) is 20.6. The molecule has 3 rings (SSSR count). The summed E-state index contributed by atoms with van der Waals surface area (Å²) in [6, 6.07) is 0.0685. The summed E-state index contributed by atoms with van der Waals surface area (Å²) in [6.07, 6.45) is 34.1. The van der Waals surface area contributed by atoms with Crippen molar-refractivity contribution in [2.24, 2.45) is 16.9 Å². The summed E-state index contributed by atoms with van der Waals surface area (Å²) in [5.41, 5.74) is 13.3. The number of carbonyl (C=O) groups excluding carboxylic acids is 1. The Balaban J connectivity index is 1.40. The Morgan fingerprint density at radius 3 is 2.26 bits per heavy atom. The molecule has 43 heavy (non-hydrogen) atoms. The van der Waals surface area contributed by atoms with Crippen LogP contribution in [0.25, 0.3) is 0 Å². The maximum Gasteiger partial charge on any atom is 0.220 e. The van der Waals surface area contributed by atoms with Crippen molar-refractivity contribution in [3.05, 3.63) is 24.0 Å². The molecule has 5 N–H and O–H groups in total. The number of unbranched alkanes of at least 4 members (excludes halogenated alkanes) is 1. The first kappa shape index (κ1) is 35.7. The van der Waals surface area contributed by atoms with Crippen molar-refractivity contribution in [1.29, 1.82) is 0 Å². The Bertz CT molecular complexity index is 957. The molecule has 4 unspecified atom stereocenters. The summed E-state index contributed by atoms with van der Waals surface area (Å²) in [5, 5.41) is 12.0. The van der Waals surface area contributed by atoms with Crippen LogP contribution in [-0.2, 0) is 17.8 Å². The van der Waals surface area contributed by atoms with E-state index in [4.69, 9.17) is 11.5 Å². The average molecular weight is 599 g/mol. The molecule has 1 amide bonds. The van der Waals surface area contributed by atoms with Crippen molar-refractivity contribution < 1.29 is 4.79 Å². The minimum Gasteiger partial charge on any atom is -0.349 e. The lowest BCUT2D eigenvalue weighted by molar-refractivity contribution is -0.123. The van der Waals surface area contributed by atoms with Gasteiger partial charge in [0.1, 0.15) is 0 Å². The number of nitrogens with one attached hydrogen (secondary N) is 1. The second kappa shape index (κ2) is 18.3. The fourth-order valence-electron chi connectivity index (χ4n) is 7.36. The van der Waals surface area contributed by atoms with Crippen LogP contribution in [0.3, 0.4) is 0 Å². The molecule has 1 aromatic heterocycles. The van der Waals surface area contributed by atoms with E-state index in [9.17, 15) is 4.79 Å². The molecule has 0 saturated heterocycles. The average Bonchev–Trinajstić information content (AvgIpc) is 3.37. The van der Waals surface area contributed by atoms with Gasteiger partial charge in [-0.05, 0) is 89.9 Å². The molecular formula is C36H66N6O. The van der Waals surface area contributed by atoms with Crippen LogP contribution in [0.2, 0.25) is 0 Å². The van der Waals surface area contributed by atoms with Crippen LogP contribution in [0.5, 0.6) is 0 Å². The number of hydrogen-bond donors (Lipinski definition) is 3. The molecule has 0 aromatic carbocycles. The maximum atomic E-state index is 12.9. The highest BCUT2D eigenvalue weighted by atomic mass is 16.1. The summed E-state index contributed by atoms with van der Waals surface area (Å²) in [7, 11) is 0. The Morgan fingerprint density at radius 1 is 0.907 bits per heavy atom. The number of aryl methyl sites for hydroxylation is 2. The molecule has 2 aliphatic rings. The van der Waals surface area contributed by atoms with Gasteiger partial charge in [0.25, 0.3) is 0 Å². The third-order valence-corrected chi connectivity index (χ3v) is 10.7. The third kappa shape index (κ3) is 13.0. The van der Waals surface area contributed by atoms with Crippen LogP contribution in [0, 0.1) is 5.41 Å². The van der Waals surface area contributed by atoms with Gasteiger partial charge in [-0.15, -0.1) is 5.10 Å². The Morgan fingerprint density at radius 2 is 1.53 bits per heavy atom. The largest absolute Gasteiger partial charge is 0.349 e. The van der Waals surface area contributed by atoms with E-state index < -0.39 is 11.1 Å². The van der Waals surface area contributed by atoms with Crippen LogP contribution in [-0.4, -0.2) is 38.0 Å². The lowest BCUT2D eigenvalue weighted by atomic mass is 9.75. The van der Waals surface area contributed by atoms with Gasteiger partial charge >= 0.3 is 0 Å². The van der Waals surface area contributed by atoms with Crippen LogP contribution >= 0.6 is 0 Å². The van der Waals surface area contributed by atoms with Gasteiger partial charge in [-0.1, -0.05) is 88.5 Å². The van der Waals surface area contributed by atoms with E-state index in [2.05, 4.69) is 41.6 Å². The molecule has 0 aliphatic heterocycles. The van der Waals surface area contributed by atoms with Gasteiger partial charge in [-0.25, -0.2) is 0 Å². The minimum absolute atomic E-state index is 0.0110. The standard InChI is InChI=1S/C36H66N6O/c1-34(24-16-14-12-10-8-6-4-5-7-9-11-13-15-17-25-34)26-18-19-28-42-30-32(40-41-42)22-23-33(43)39-36(3)29-31(37)21-20-27-35(36,2)38/h8,10,30-31H,4-7,9,11-29,37-38H2,1-3H3,(H,39,43)/b10-8-. The van der Waals surface area contributed by atoms with Gasteiger partial charge < -0.3 is 16.8 Å². The maximum absolute atomic E-state index is 12.9. The number of nitrogens with two attached hydrogens (primary N) is 2. The fourth-order valence-corrected chi connectivity index (χ4v) is 7.36.